The van der Waals surface area contributed by atoms with Gasteiger partial charge in [0.15, 0.2) is 5.82 Å². The van der Waals surface area contributed by atoms with Crippen molar-refractivity contribution >= 4 is 17.6 Å². The van der Waals surface area contributed by atoms with Crippen LogP contribution in [0, 0.1) is 0 Å². The van der Waals surface area contributed by atoms with Gasteiger partial charge in [-0.05, 0) is 24.3 Å². The molecule has 0 atom stereocenters. The average Bonchev–Trinajstić information content (AvgIpc) is 2.86. The third-order valence-electron chi connectivity index (χ3n) is 5.48. The Hall–Kier alpha value is -3.24. The number of anilines is 1. The molecule has 2 amide bonds. The molecule has 2 aromatic rings. The molecule has 2 heterocycles. The average molecular weight is 458 g/mol. The number of carbonyl (C=O) groups excluding carboxylic acids is 2. The summed E-state index contributed by atoms with van der Waals surface area (Å²) in [6.45, 7) is 3.05. The lowest BCUT2D eigenvalue weighted by Gasteiger charge is -2.36. The van der Waals surface area contributed by atoms with E-state index in [2.05, 4.69) is 15.1 Å². The lowest BCUT2D eigenvalue weighted by Crippen LogP contribution is -2.52. The summed E-state index contributed by atoms with van der Waals surface area (Å²) >= 11 is 0. The molecule has 0 spiro atoms. The van der Waals surface area contributed by atoms with Gasteiger partial charge < -0.3 is 28.9 Å². The molecule has 1 fully saturated rings. The van der Waals surface area contributed by atoms with Crippen molar-refractivity contribution in [3.63, 3.8) is 0 Å². The molecule has 0 aliphatic carbocycles. The zero-order chi connectivity index (χ0) is 23.6. The van der Waals surface area contributed by atoms with E-state index in [0.29, 0.717) is 39.3 Å². The van der Waals surface area contributed by atoms with Crippen molar-refractivity contribution in [3.8, 4) is 17.0 Å². The number of aromatic nitrogens is 2. The minimum Gasteiger partial charge on any atom is -0.497 e. The predicted molar refractivity (Wildman–Crippen MR) is 123 cm³/mol. The molecular formula is C23H31N5O5. The number of amides is 2. The van der Waals surface area contributed by atoms with Crippen LogP contribution in [0.4, 0.5) is 5.82 Å². The molecule has 0 N–H and O–H groups in total. The van der Waals surface area contributed by atoms with Gasteiger partial charge >= 0.3 is 0 Å². The van der Waals surface area contributed by atoms with Crippen molar-refractivity contribution in [1.29, 1.82) is 0 Å². The summed E-state index contributed by atoms with van der Waals surface area (Å²) in [7, 11) is 4.65. The van der Waals surface area contributed by atoms with E-state index in [1.165, 1.54) is 12.0 Å². The topological polar surface area (TPSA) is 97.3 Å². The van der Waals surface area contributed by atoms with Gasteiger partial charge in [0.25, 0.3) is 0 Å². The number of nitrogens with zero attached hydrogens (tertiary/aromatic N) is 5. The summed E-state index contributed by atoms with van der Waals surface area (Å²) in [5, 5.41) is 8.74. The van der Waals surface area contributed by atoms with Crippen molar-refractivity contribution in [1.82, 2.24) is 20.0 Å². The molecule has 1 aromatic heterocycles. The first-order chi connectivity index (χ1) is 16.0. The molecule has 0 unspecified atom stereocenters. The third kappa shape index (κ3) is 6.62. The smallest absolute Gasteiger partial charge is 0.249 e. The number of benzene rings is 1. The molecule has 33 heavy (non-hydrogen) atoms. The fourth-order valence-corrected chi connectivity index (χ4v) is 3.59. The molecule has 10 heteroatoms. The molecule has 1 aliphatic rings. The summed E-state index contributed by atoms with van der Waals surface area (Å²) in [4.78, 5) is 30.3. The van der Waals surface area contributed by atoms with E-state index in [0.717, 1.165) is 22.8 Å². The van der Waals surface area contributed by atoms with Crippen molar-refractivity contribution in [3.05, 3.63) is 36.4 Å². The Labute approximate surface area is 194 Å². The van der Waals surface area contributed by atoms with Gasteiger partial charge in [0.05, 0.1) is 26.0 Å². The predicted octanol–water partition coefficient (Wildman–Crippen LogP) is 0.922. The van der Waals surface area contributed by atoms with E-state index in [9.17, 15) is 9.59 Å². The zero-order valence-corrected chi connectivity index (χ0v) is 19.4. The quantitative estimate of drug-likeness (QED) is 0.520. The van der Waals surface area contributed by atoms with Crippen LogP contribution >= 0.6 is 0 Å². The fourth-order valence-electron chi connectivity index (χ4n) is 3.59. The molecule has 0 saturated carbocycles. The Morgan fingerprint density at radius 3 is 2.42 bits per heavy atom. The van der Waals surface area contributed by atoms with Crippen molar-refractivity contribution in [2.75, 3.05) is 78.7 Å². The molecule has 10 nitrogen and oxygen atoms in total. The molecule has 3 rings (SSSR count). The van der Waals surface area contributed by atoms with E-state index in [4.69, 9.17) is 14.2 Å². The normalized spacial score (nSPS) is 13.7. The van der Waals surface area contributed by atoms with Crippen LogP contribution in [0.1, 0.15) is 0 Å². The number of methoxy groups -OCH3 is 3. The largest absolute Gasteiger partial charge is 0.497 e. The monoisotopic (exact) mass is 457 g/mol. The Kier molecular flexibility index (Phi) is 8.96. The number of hydrogen-bond donors (Lipinski definition) is 0. The van der Waals surface area contributed by atoms with E-state index >= 15 is 0 Å². The SMILES string of the molecule is COCCN(CC(=O)N1CCN(c2ccc(-c3cccc(OC)c3)nn2)CC1)C(=O)COC. The number of rotatable bonds is 10. The molecule has 1 saturated heterocycles. The van der Waals surface area contributed by atoms with Crippen LogP contribution in [0.25, 0.3) is 11.3 Å². The highest BCUT2D eigenvalue weighted by atomic mass is 16.5. The minimum absolute atomic E-state index is 0.0145. The van der Waals surface area contributed by atoms with Crippen molar-refractivity contribution in [2.45, 2.75) is 0 Å². The van der Waals surface area contributed by atoms with Crippen LogP contribution in [0.2, 0.25) is 0 Å². The van der Waals surface area contributed by atoms with Crippen LogP contribution in [0.3, 0.4) is 0 Å². The van der Waals surface area contributed by atoms with Gasteiger partial charge in [-0.15, -0.1) is 10.2 Å². The Morgan fingerprint density at radius 1 is 1.00 bits per heavy atom. The van der Waals surface area contributed by atoms with Crippen LogP contribution < -0.4 is 9.64 Å². The van der Waals surface area contributed by atoms with Crippen LogP contribution in [0.5, 0.6) is 5.75 Å². The standard InChI is InChI=1S/C23H31N5O5/c1-31-14-13-28(23(30)17-32-2)16-22(29)27-11-9-26(10-12-27)21-8-7-20(24-25-21)18-5-4-6-19(15-18)33-3/h4-8,15H,9-14,16-17H2,1-3H3. The van der Waals surface area contributed by atoms with E-state index in [1.807, 2.05) is 36.4 Å². The molecular weight excluding hydrogens is 426 g/mol. The van der Waals surface area contributed by atoms with Crippen LogP contribution in [-0.4, -0.2) is 106 Å². The van der Waals surface area contributed by atoms with Gasteiger partial charge in [0.2, 0.25) is 11.8 Å². The van der Waals surface area contributed by atoms with Gasteiger partial charge in [-0.3, -0.25) is 9.59 Å². The molecule has 1 aliphatic heterocycles. The fraction of sp³-hybridized carbons (Fsp3) is 0.478. The summed E-state index contributed by atoms with van der Waals surface area (Å²) in [6.07, 6.45) is 0. The lowest BCUT2D eigenvalue weighted by molar-refractivity contribution is -0.143. The highest BCUT2D eigenvalue weighted by Crippen LogP contribution is 2.23. The van der Waals surface area contributed by atoms with Gasteiger partial charge in [0, 0.05) is 52.5 Å². The number of carbonyl (C=O) groups is 2. The molecule has 0 bridgehead atoms. The minimum atomic E-state index is -0.229. The second-order valence-electron chi connectivity index (χ2n) is 7.62. The maximum Gasteiger partial charge on any atom is 0.249 e. The highest BCUT2D eigenvalue weighted by Gasteiger charge is 2.25. The highest BCUT2D eigenvalue weighted by molar-refractivity contribution is 5.85. The van der Waals surface area contributed by atoms with Crippen LogP contribution in [0.15, 0.2) is 36.4 Å². The van der Waals surface area contributed by atoms with E-state index in [1.54, 1.807) is 19.1 Å². The van der Waals surface area contributed by atoms with Crippen molar-refractivity contribution in [2.24, 2.45) is 0 Å². The summed E-state index contributed by atoms with van der Waals surface area (Å²) < 4.78 is 15.2. The van der Waals surface area contributed by atoms with Gasteiger partial charge in [-0.25, -0.2) is 0 Å². The Bertz CT molecular complexity index is 916. The maximum absolute atomic E-state index is 12.8. The van der Waals surface area contributed by atoms with Crippen LogP contribution in [-0.2, 0) is 19.1 Å². The zero-order valence-electron chi connectivity index (χ0n) is 19.4. The number of hydrogen-bond acceptors (Lipinski definition) is 8. The summed E-state index contributed by atoms with van der Waals surface area (Å²) in [5.74, 6) is 1.22. The van der Waals surface area contributed by atoms with E-state index < -0.39 is 0 Å². The Morgan fingerprint density at radius 2 is 1.79 bits per heavy atom. The molecule has 0 radical (unpaired) electrons. The molecule has 178 valence electrons. The summed E-state index contributed by atoms with van der Waals surface area (Å²) in [5.41, 5.74) is 1.70. The number of ether oxygens (including phenoxy) is 3. The maximum atomic E-state index is 12.8. The Balaban J connectivity index is 1.55. The first-order valence-corrected chi connectivity index (χ1v) is 10.8. The van der Waals surface area contributed by atoms with E-state index in [-0.39, 0.29) is 25.0 Å². The van der Waals surface area contributed by atoms with Gasteiger partial charge in [-0.2, -0.15) is 0 Å². The molecule has 1 aromatic carbocycles. The summed E-state index contributed by atoms with van der Waals surface area (Å²) in [6, 6.07) is 11.6. The lowest BCUT2D eigenvalue weighted by atomic mass is 10.1. The second-order valence-corrected chi connectivity index (χ2v) is 7.62. The third-order valence-corrected chi connectivity index (χ3v) is 5.48. The van der Waals surface area contributed by atoms with Crippen molar-refractivity contribution < 1.29 is 23.8 Å². The van der Waals surface area contributed by atoms with Gasteiger partial charge in [0.1, 0.15) is 12.4 Å². The first kappa shape index (κ1) is 24.4. The number of piperazine rings is 1. The second kappa shape index (κ2) is 12.1. The van der Waals surface area contributed by atoms with Gasteiger partial charge in [-0.1, -0.05) is 12.1 Å². The first-order valence-electron chi connectivity index (χ1n) is 10.8.